The summed E-state index contributed by atoms with van der Waals surface area (Å²) in [6, 6.07) is 6.60. The smallest absolute Gasteiger partial charge is 0.355 e. The molecular formula is C15H10ClFN6O4. The van der Waals surface area contributed by atoms with Gasteiger partial charge in [-0.2, -0.15) is 0 Å². The summed E-state index contributed by atoms with van der Waals surface area (Å²) in [6.07, 6.45) is 2.35. The lowest BCUT2D eigenvalue weighted by molar-refractivity contribution is -0.383. The minimum atomic E-state index is -0.741. The van der Waals surface area contributed by atoms with Gasteiger partial charge in [0.15, 0.2) is 5.76 Å². The Balaban J connectivity index is 1.84. The zero-order valence-corrected chi connectivity index (χ0v) is 14.0. The van der Waals surface area contributed by atoms with E-state index in [0.29, 0.717) is 0 Å². The van der Waals surface area contributed by atoms with Crippen LogP contribution in [0.25, 0.3) is 0 Å². The van der Waals surface area contributed by atoms with E-state index < -0.39 is 22.3 Å². The fourth-order valence-electron chi connectivity index (χ4n) is 2.03. The molecule has 0 aliphatic rings. The van der Waals surface area contributed by atoms with Crippen LogP contribution in [0.4, 0.5) is 27.4 Å². The van der Waals surface area contributed by atoms with E-state index in [1.54, 1.807) is 0 Å². The number of nitrogens with one attached hydrogen (secondary N) is 3. The molecule has 3 rings (SSSR count). The number of nitro groups is 1. The van der Waals surface area contributed by atoms with E-state index in [4.69, 9.17) is 16.0 Å². The number of aromatic nitrogens is 2. The number of rotatable bonds is 6. The van der Waals surface area contributed by atoms with Gasteiger partial charge in [-0.15, -0.1) is 0 Å². The number of carbonyl (C=O) groups excluding carboxylic acids is 1. The van der Waals surface area contributed by atoms with Crippen LogP contribution < -0.4 is 16.2 Å². The van der Waals surface area contributed by atoms with E-state index in [9.17, 15) is 19.3 Å². The lowest BCUT2D eigenvalue weighted by Crippen LogP contribution is -2.30. The molecule has 3 N–H and O–H groups in total. The number of hydrogen-bond donors (Lipinski definition) is 3. The Bertz CT molecular complexity index is 998. The van der Waals surface area contributed by atoms with Crippen molar-refractivity contribution in [3.8, 4) is 0 Å². The molecule has 1 amide bonds. The van der Waals surface area contributed by atoms with Gasteiger partial charge in [0, 0.05) is 5.69 Å². The number of halogens is 2. The molecule has 0 aliphatic heterocycles. The largest absolute Gasteiger partial charge is 0.459 e. The number of furan rings is 1. The zero-order chi connectivity index (χ0) is 19.4. The first-order valence-electron chi connectivity index (χ1n) is 7.27. The zero-order valence-electron chi connectivity index (χ0n) is 13.3. The number of hydrazine groups is 1. The Morgan fingerprint density at radius 3 is 2.70 bits per heavy atom. The predicted molar refractivity (Wildman–Crippen MR) is 93.2 cm³/mol. The Morgan fingerprint density at radius 1 is 1.26 bits per heavy atom. The molecule has 0 atom stereocenters. The van der Waals surface area contributed by atoms with Gasteiger partial charge in [-0.1, -0.05) is 11.6 Å². The molecule has 0 bridgehead atoms. The number of anilines is 3. The predicted octanol–water partition coefficient (Wildman–Crippen LogP) is 3.27. The first kappa shape index (κ1) is 18.1. The van der Waals surface area contributed by atoms with Crippen LogP contribution in [0.2, 0.25) is 5.02 Å². The topological polar surface area (TPSA) is 135 Å². The van der Waals surface area contributed by atoms with Crippen molar-refractivity contribution in [3.05, 3.63) is 69.6 Å². The number of amides is 1. The van der Waals surface area contributed by atoms with Crippen molar-refractivity contribution in [3.63, 3.8) is 0 Å². The van der Waals surface area contributed by atoms with E-state index >= 15 is 0 Å². The fourth-order valence-corrected chi connectivity index (χ4v) is 2.21. The van der Waals surface area contributed by atoms with Gasteiger partial charge < -0.3 is 9.73 Å². The van der Waals surface area contributed by atoms with Gasteiger partial charge in [0.05, 0.1) is 16.2 Å². The molecule has 2 heterocycles. The molecule has 10 nitrogen and oxygen atoms in total. The van der Waals surface area contributed by atoms with Crippen LogP contribution in [-0.2, 0) is 0 Å². The van der Waals surface area contributed by atoms with Crippen LogP contribution in [-0.4, -0.2) is 20.8 Å². The van der Waals surface area contributed by atoms with Crippen LogP contribution in [0.1, 0.15) is 10.6 Å². The van der Waals surface area contributed by atoms with Crippen molar-refractivity contribution in [1.29, 1.82) is 0 Å². The molecule has 0 spiro atoms. The van der Waals surface area contributed by atoms with Crippen LogP contribution in [0.5, 0.6) is 0 Å². The normalized spacial score (nSPS) is 10.3. The Morgan fingerprint density at radius 2 is 2.04 bits per heavy atom. The van der Waals surface area contributed by atoms with Gasteiger partial charge in [0.25, 0.3) is 0 Å². The second-order valence-corrected chi connectivity index (χ2v) is 5.39. The first-order chi connectivity index (χ1) is 13.0. The molecule has 2 aromatic heterocycles. The van der Waals surface area contributed by atoms with E-state index in [-0.39, 0.29) is 28.1 Å². The Hall–Kier alpha value is -3.73. The maximum Gasteiger partial charge on any atom is 0.355 e. The quantitative estimate of drug-likeness (QED) is 0.429. The molecule has 3 aromatic rings. The highest BCUT2D eigenvalue weighted by Crippen LogP contribution is 2.31. The molecule has 0 unspecified atom stereocenters. The number of nitrogens with zero attached hydrogens (tertiary/aromatic N) is 3. The third-order valence-corrected chi connectivity index (χ3v) is 3.52. The van der Waals surface area contributed by atoms with Crippen LogP contribution >= 0.6 is 11.6 Å². The highest BCUT2D eigenvalue weighted by molar-refractivity contribution is 6.31. The Kier molecular flexibility index (Phi) is 5.13. The van der Waals surface area contributed by atoms with Gasteiger partial charge in [-0.05, 0) is 30.3 Å². The lowest BCUT2D eigenvalue weighted by Gasteiger charge is -2.10. The minimum absolute atomic E-state index is 0.00138. The molecular weight excluding hydrogens is 383 g/mol. The average Bonchev–Trinajstić information content (AvgIpc) is 3.17. The van der Waals surface area contributed by atoms with Gasteiger partial charge in [-0.3, -0.25) is 25.8 Å². The molecule has 0 aliphatic carbocycles. The van der Waals surface area contributed by atoms with Gasteiger partial charge >= 0.3 is 11.6 Å². The SMILES string of the molecule is O=C(NNc1ncnc(Nc2ccc(F)c(Cl)c2)c1[N+](=O)[O-])c1ccco1. The number of hydrogen-bond acceptors (Lipinski definition) is 8. The molecule has 27 heavy (non-hydrogen) atoms. The van der Waals surface area contributed by atoms with Crippen LogP contribution in [0.3, 0.4) is 0 Å². The standard InChI is InChI=1S/C15H10ClFN6O4/c16-9-6-8(3-4-10(9)17)20-13-12(23(25)26)14(19-7-18-13)21-22-15(24)11-2-1-5-27-11/h1-7H,(H,22,24)(H2,18,19,20,21). The summed E-state index contributed by atoms with van der Waals surface area (Å²) in [5.74, 6) is -1.76. The molecule has 1 aromatic carbocycles. The van der Waals surface area contributed by atoms with Crippen molar-refractivity contribution in [2.75, 3.05) is 10.7 Å². The molecule has 0 radical (unpaired) electrons. The highest BCUT2D eigenvalue weighted by Gasteiger charge is 2.24. The molecule has 138 valence electrons. The van der Waals surface area contributed by atoms with Gasteiger partial charge in [-0.25, -0.2) is 14.4 Å². The third-order valence-electron chi connectivity index (χ3n) is 3.23. The minimum Gasteiger partial charge on any atom is -0.459 e. The van der Waals surface area contributed by atoms with Crippen LogP contribution in [0.15, 0.2) is 47.3 Å². The fraction of sp³-hybridized carbons (Fsp3) is 0. The van der Waals surface area contributed by atoms with E-state index in [1.165, 1.54) is 30.5 Å². The Labute approximate surface area is 155 Å². The maximum absolute atomic E-state index is 13.3. The second-order valence-electron chi connectivity index (χ2n) is 4.99. The van der Waals surface area contributed by atoms with Crippen molar-refractivity contribution < 1.29 is 18.5 Å². The summed E-state index contributed by atoms with van der Waals surface area (Å²) in [4.78, 5) is 30.1. The summed E-state index contributed by atoms with van der Waals surface area (Å²) >= 11 is 5.70. The molecule has 0 saturated carbocycles. The molecule has 12 heteroatoms. The molecule has 0 saturated heterocycles. The summed E-state index contributed by atoms with van der Waals surface area (Å²) in [6.45, 7) is 0. The van der Waals surface area contributed by atoms with Crippen LogP contribution in [0, 0.1) is 15.9 Å². The highest BCUT2D eigenvalue weighted by atomic mass is 35.5. The number of carbonyl (C=O) groups is 1. The third kappa shape index (κ3) is 4.10. The van der Waals surface area contributed by atoms with E-state index in [1.807, 2.05) is 0 Å². The second kappa shape index (κ2) is 7.66. The lowest BCUT2D eigenvalue weighted by atomic mass is 10.3. The van der Waals surface area contributed by atoms with Crippen molar-refractivity contribution >= 4 is 40.5 Å². The number of benzene rings is 1. The summed E-state index contributed by atoms with van der Waals surface area (Å²) in [7, 11) is 0. The summed E-state index contributed by atoms with van der Waals surface area (Å²) < 4.78 is 18.2. The van der Waals surface area contributed by atoms with Crippen molar-refractivity contribution in [2.45, 2.75) is 0 Å². The average molecular weight is 393 g/mol. The van der Waals surface area contributed by atoms with Crippen molar-refractivity contribution in [1.82, 2.24) is 15.4 Å². The first-order valence-corrected chi connectivity index (χ1v) is 7.65. The summed E-state index contributed by atoms with van der Waals surface area (Å²) in [5, 5.41) is 14.0. The summed E-state index contributed by atoms with van der Waals surface area (Å²) in [5.41, 5.74) is 4.31. The van der Waals surface area contributed by atoms with Crippen molar-refractivity contribution in [2.24, 2.45) is 0 Å². The van der Waals surface area contributed by atoms with E-state index in [0.717, 1.165) is 12.4 Å². The van der Waals surface area contributed by atoms with Gasteiger partial charge in [0.1, 0.15) is 12.1 Å². The maximum atomic E-state index is 13.3. The monoisotopic (exact) mass is 392 g/mol. The molecule has 0 fully saturated rings. The van der Waals surface area contributed by atoms with Gasteiger partial charge in [0.2, 0.25) is 11.6 Å². The van der Waals surface area contributed by atoms with E-state index in [2.05, 4.69) is 26.1 Å².